The summed E-state index contributed by atoms with van der Waals surface area (Å²) < 4.78 is 43.4. The SMILES string of the molecule is Br.Cc1ccc(C(=O)Nc2ccc(CN3CCN(C)CC3)c(C(F)(F)F)c2)cc1C#Cc1cnc2cccnn12. The first-order valence-electron chi connectivity index (χ1n) is 12.5. The van der Waals surface area contributed by atoms with E-state index in [1.165, 1.54) is 12.1 Å². The third kappa shape index (κ3) is 6.70. The van der Waals surface area contributed by atoms with Gasteiger partial charge in [0.15, 0.2) is 5.65 Å². The molecule has 3 heterocycles. The van der Waals surface area contributed by atoms with E-state index in [2.05, 4.69) is 32.1 Å². The number of hydrogen-bond acceptors (Lipinski definition) is 5. The molecule has 2 aromatic heterocycles. The molecule has 0 atom stereocenters. The topological polar surface area (TPSA) is 65.8 Å². The third-order valence-electron chi connectivity index (χ3n) is 6.77. The fraction of sp³-hybridized carbons (Fsp3) is 0.276. The lowest BCUT2D eigenvalue weighted by Gasteiger charge is -2.33. The molecule has 1 fully saturated rings. The van der Waals surface area contributed by atoms with Crippen molar-refractivity contribution in [3.05, 3.63) is 94.4 Å². The number of nitrogens with one attached hydrogen (secondary N) is 1. The number of benzene rings is 2. The summed E-state index contributed by atoms with van der Waals surface area (Å²) in [6, 6.07) is 12.6. The van der Waals surface area contributed by atoms with E-state index in [1.54, 1.807) is 41.2 Å². The van der Waals surface area contributed by atoms with Crippen molar-refractivity contribution >= 4 is 34.2 Å². The molecular formula is C29H28BrF3N6O. The van der Waals surface area contributed by atoms with Crippen molar-refractivity contribution in [2.75, 3.05) is 38.5 Å². The molecule has 1 aliphatic heterocycles. The minimum Gasteiger partial charge on any atom is -0.322 e. The van der Waals surface area contributed by atoms with Gasteiger partial charge >= 0.3 is 6.18 Å². The van der Waals surface area contributed by atoms with Crippen molar-refractivity contribution < 1.29 is 18.0 Å². The number of alkyl halides is 3. The molecule has 5 rings (SSSR count). The van der Waals surface area contributed by atoms with Crippen LogP contribution < -0.4 is 5.32 Å². The van der Waals surface area contributed by atoms with E-state index in [-0.39, 0.29) is 40.3 Å². The highest BCUT2D eigenvalue weighted by molar-refractivity contribution is 8.93. The summed E-state index contributed by atoms with van der Waals surface area (Å²) in [7, 11) is 2.00. The summed E-state index contributed by atoms with van der Waals surface area (Å²) in [5, 5.41) is 6.85. The average molecular weight is 613 g/mol. The second-order valence-corrected chi connectivity index (χ2v) is 9.62. The van der Waals surface area contributed by atoms with Crippen molar-refractivity contribution in [3.63, 3.8) is 0 Å². The molecule has 1 saturated heterocycles. The van der Waals surface area contributed by atoms with E-state index in [0.717, 1.165) is 24.7 Å². The summed E-state index contributed by atoms with van der Waals surface area (Å²) in [5.74, 6) is 5.57. The second-order valence-electron chi connectivity index (χ2n) is 9.62. The number of carbonyl (C=O) groups excluding carboxylic acids is 1. The highest BCUT2D eigenvalue weighted by atomic mass is 79.9. The Morgan fingerprint density at radius 1 is 1.05 bits per heavy atom. The lowest BCUT2D eigenvalue weighted by molar-refractivity contribution is -0.138. The number of hydrogen-bond donors (Lipinski definition) is 1. The summed E-state index contributed by atoms with van der Waals surface area (Å²) in [6.45, 7) is 5.12. The molecule has 1 aliphatic rings. The summed E-state index contributed by atoms with van der Waals surface area (Å²) >= 11 is 0. The number of piperazine rings is 1. The number of carbonyl (C=O) groups is 1. The number of likely N-dealkylation sites (N-methyl/N-ethyl adjacent to an activating group) is 1. The molecule has 0 unspecified atom stereocenters. The van der Waals surface area contributed by atoms with Gasteiger partial charge in [-0.25, -0.2) is 9.50 Å². The van der Waals surface area contributed by atoms with Gasteiger partial charge in [-0.3, -0.25) is 9.69 Å². The predicted molar refractivity (Wildman–Crippen MR) is 153 cm³/mol. The van der Waals surface area contributed by atoms with Gasteiger partial charge in [-0.05, 0) is 67.4 Å². The van der Waals surface area contributed by atoms with E-state index in [4.69, 9.17) is 0 Å². The number of rotatable bonds is 4. The van der Waals surface area contributed by atoms with Crippen LogP contribution in [0.1, 0.15) is 38.3 Å². The quantitative estimate of drug-likeness (QED) is 0.327. The molecule has 0 aliphatic carbocycles. The largest absolute Gasteiger partial charge is 0.416 e. The van der Waals surface area contributed by atoms with Gasteiger partial charge in [-0.2, -0.15) is 18.3 Å². The predicted octanol–water partition coefficient (Wildman–Crippen LogP) is 5.03. The third-order valence-corrected chi connectivity index (χ3v) is 6.77. The molecule has 1 N–H and O–H groups in total. The van der Waals surface area contributed by atoms with Crippen molar-refractivity contribution in [2.24, 2.45) is 0 Å². The Bertz CT molecular complexity index is 1580. The maximum absolute atomic E-state index is 13.9. The molecule has 0 saturated carbocycles. The molecule has 2 aromatic carbocycles. The lowest BCUT2D eigenvalue weighted by atomic mass is 10.0. The van der Waals surface area contributed by atoms with Crippen molar-refractivity contribution in [3.8, 4) is 11.8 Å². The Hall–Kier alpha value is -3.72. The summed E-state index contributed by atoms with van der Waals surface area (Å²) in [6.07, 6.45) is -1.28. The molecule has 0 spiro atoms. The number of fused-ring (bicyclic) bond motifs is 1. The van der Waals surface area contributed by atoms with Crippen LogP contribution in [-0.2, 0) is 12.7 Å². The van der Waals surface area contributed by atoms with E-state index in [9.17, 15) is 18.0 Å². The number of nitrogens with zero attached hydrogens (tertiary/aromatic N) is 5. The van der Waals surface area contributed by atoms with Gasteiger partial charge in [0.2, 0.25) is 0 Å². The number of aryl methyl sites for hydroxylation is 1. The van der Waals surface area contributed by atoms with Gasteiger partial charge < -0.3 is 10.2 Å². The first-order valence-corrected chi connectivity index (χ1v) is 12.5. The molecule has 0 bridgehead atoms. The first-order chi connectivity index (χ1) is 18.7. The molecule has 11 heteroatoms. The minimum atomic E-state index is -4.54. The van der Waals surface area contributed by atoms with Crippen molar-refractivity contribution in [2.45, 2.75) is 19.6 Å². The van der Waals surface area contributed by atoms with Gasteiger partial charge in [0.25, 0.3) is 5.91 Å². The second kappa shape index (κ2) is 12.2. The fourth-order valence-corrected chi connectivity index (χ4v) is 4.45. The molecule has 40 heavy (non-hydrogen) atoms. The van der Waals surface area contributed by atoms with E-state index < -0.39 is 17.6 Å². The number of halogens is 4. The van der Waals surface area contributed by atoms with Gasteiger partial charge in [-0.15, -0.1) is 17.0 Å². The molecule has 7 nitrogen and oxygen atoms in total. The van der Waals surface area contributed by atoms with Gasteiger partial charge in [0.05, 0.1) is 11.8 Å². The molecule has 0 radical (unpaired) electrons. The monoisotopic (exact) mass is 612 g/mol. The molecular weight excluding hydrogens is 585 g/mol. The maximum atomic E-state index is 13.9. The van der Waals surface area contributed by atoms with Crippen LogP contribution >= 0.6 is 17.0 Å². The smallest absolute Gasteiger partial charge is 0.322 e. The van der Waals surface area contributed by atoms with Gasteiger partial charge in [0.1, 0.15) is 5.69 Å². The van der Waals surface area contributed by atoms with E-state index >= 15 is 0 Å². The van der Waals surface area contributed by atoms with Crippen LogP contribution in [0.3, 0.4) is 0 Å². The Balaban J connectivity index is 0.00000370. The van der Waals surface area contributed by atoms with Crippen LogP contribution in [0, 0.1) is 18.8 Å². The van der Waals surface area contributed by atoms with Crippen molar-refractivity contribution in [1.29, 1.82) is 0 Å². The number of aromatic nitrogens is 3. The number of anilines is 1. The zero-order chi connectivity index (χ0) is 27.6. The Labute approximate surface area is 240 Å². The fourth-order valence-electron chi connectivity index (χ4n) is 4.45. The zero-order valence-corrected chi connectivity index (χ0v) is 23.7. The average Bonchev–Trinajstić information content (AvgIpc) is 3.33. The minimum absolute atomic E-state index is 0. The van der Waals surface area contributed by atoms with Crippen LogP contribution in [0.4, 0.5) is 18.9 Å². The zero-order valence-electron chi connectivity index (χ0n) is 22.0. The Kier molecular flexibility index (Phi) is 8.93. The van der Waals surface area contributed by atoms with E-state index in [0.29, 0.717) is 30.0 Å². The van der Waals surface area contributed by atoms with Crippen LogP contribution in [0.25, 0.3) is 5.65 Å². The molecule has 208 valence electrons. The Morgan fingerprint density at radius 2 is 1.82 bits per heavy atom. The van der Waals surface area contributed by atoms with Gasteiger partial charge in [0, 0.05) is 55.7 Å². The molecule has 1 amide bonds. The Morgan fingerprint density at radius 3 is 2.58 bits per heavy atom. The highest BCUT2D eigenvalue weighted by Gasteiger charge is 2.34. The van der Waals surface area contributed by atoms with Crippen LogP contribution in [0.15, 0.2) is 60.9 Å². The van der Waals surface area contributed by atoms with E-state index in [1.807, 2.05) is 24.9 Å². The van der Waals surface area contributed by atoms with Crippen LogP contribution in [-0.4, -0.2) is 63.5 Å². The summed E-state index contributed by atoms with van der Waals surface area (Å²) in [5.41, 5.74) is 2.56. The number of imidazole rings is 1. The normalized spacial score (nSPS) is 14.3. The lowest BCUT2D eigenvalue weighted by Crippen LogP contribution is -2.44. The summed E-state index contributed by atoms with van der Waals surface area (Å²) in [4.78, 5) is 21.4. The van der Waals surface area contributed by atoms with Crippen LogP contribution in [0.2, 0.25) is 0 Å². The number of amides is 1. The molecule has 4 aromatic rings. The van der Waals surface area contributed by atoms with Gasteiger partial charge in [-0.1, -0.05) is 18.1 Å². The first kappa shape index (κ1) is 29.3. The van der Waals surface area contributed by atoms with Crippen molar-refractivity contribution in [1.82, 2.24) is 24.4 Å². The van der Waals surface area contributed by atoms with Crippen LogP contribution in [0.5, 0.6) is 0 Å². The standard InChI is InChI=1S/C29H27F3N6O.BrH/c1-20-5-6-22(16-21(20)8-10-25-18-33-27-4-3-11-34-38(25)27)28(39)35-24-9-7-23(26(17-24)29(30,31)32)19-37-14-12-36(2)13-15-37;/h3-7,9,11,16-18H,12-15,19H2,1-2H3,(H,35,39);1H. The highest BCUT2D eigenvalue weighted by Crippen LogP contribution is 2.34. The maximum Gasteiger partial charge on any atom is 0.416 e.